The van der Waals surface area contributed by atoms with E-state index in [2.05, 4.69) is 20.3 Å². The van der Waals surface area contributed by atoms with Crippen LogP contribution in [-0.4, -0.2) is 37.6 Å². The molecule has 3 aromatic rings. The van der Waals surface area contributed by atoms with Gasteiger partial charge in [-0.15, -0.1) is 5.10 Å². The van der Waals surface area contributed by atoms with Gasteiger partial charge in [-0.1, -0.05) is 28.5 Å². The van der Waals surface area contributed by atoms with E-state index in [1.807, 2.05) is 12.1 Å². The average Bonchev–Trinajstić information content (AvgIpc) is 3.38. The van der Waals surface area contributed by atoms with E-state index >= 15 is 0 Å². The highest BCUT2D eigenvalue weighted by Gasteiger charge is 2.20. The maximum atomic E-state index is 12.0. The molecule has 8 nitrogen and oxygen atoms in total. The van der Waals surface area contributed by atoms with Crippen molar-refractivity contribution in [3.63, 3.8) is 0 Å². The van der Waals surface area contributed by atoms with Crippen LogP contribution in [0, 0.1) is 0 Å². The lowest BCUT2D eigenvalue weighted by Crippen LogP contribution is -2.24. The minimum Gasteiger partial charge on any atom is -0.376 e. The van der Waals surface area contributed by atoms with Crippen molar-refractivity contribution in [2.24, 2.45) is 0 Å². The second-order valence-electron chi connectivity index (χ2n) is 5.86. The fourth-order valence-corrected chi connectivity index (χ4v) is 3.64. The van der Waals surface area contributed by atoms with E-state index < -0.39 is 0 Å². The third kappa shape index (κ3) is 3.84. The summed E-state index contributed by atoms with van der Waals surface area (Å²) in [5.74, 6) is 1.37. The van der Waals surface area contributed by atoms with Gasteiger partial charge < -0.3 is 9.26 Å². The molecular weight excluding hydrogens is 378 g/mol. The number of rotatable bonds is 6. The summed E-state index contributed by atoms with van der Waals surface area (Å²) in [5, 5.41) is 11.8. The number of benzene rings is 1. The van der Waals surface area contributed by atoms with E-state index in [-0.39, 0.29) is 11.8 Å². The van der Waals surface area contributed by atoms with Gasteiger partial charge in [0.15, 0.2) is 5.16 Å². The van der Waals surface area contributed by atoms with Crippen molar-refractivity contribution < 1.29 is 9.26 Å². The fraction of sp³-hybridized carbons (Fsp3) is 0.375. The predicted molar refractivity (Wildman–Crippen MR) is 96.1 cm³/mol. The highest BCUT2D eigenvalue weighted by Crippen LogP contribution is 2.23. The molecule has 1 atom stereocenters. The Kier molecular flexibility index (Phi) is 5.09. The molecule has 4 rings (SSSR count). The predicted octanol–water partition coefficient (Wildman–Crippen LogP) is 2.75. The summed E-state index contributed by atoms with van der Waals surface area (Å²) < 4.78 is 12.5. The standard InChI is InChI=1S/C16H16ClN5O3S/c17-11-5-3-10(4-6-11)14-18-13(25-21-14)9-26-16-20-19-15(23)22(16)8-12-2-1-7-24-12/h3-6,12H,1-2,7-9H2,(H,19,23). The van der Waals surface area contributed by atoms with Crippen molar-refractivity contribution in [2.75, 3.05) is 6.61 Å². The second-order valence-corrected chi connectivity index (χ2v) is 7.24. The van der Waals surface area contributed by atoms with Crippen LogP contribution in [0.15, 0.2) is 38.7 Å². The van der Waals surface area contributed by atoms with E-state index in [1.54, 1.807) is 16.7 Å². The van der Waals surface area contributed by atoms with Crippen LogP contribution in [0.25, 0.3) is 11.4 Å². The van der Waals surface area contributed by atoms with Gasteiger partial charge >= 0.3 is 5.69 Å². The lowest BCUT2D eigenvalue weighted by atomic mass is 10.2. The third-order valence-electron chi connectivity index (χ3n) is 4.03. The van der Waals surface area contributed by atoms with Crippen molar-refractivity contribution >= 4 is 23.4 Å². The zero-order valence-electron chi connectivity index (χ0n) is 13.7. The van der Waals surface area contributed by atoms with Crippen LogP contribution in [0.3, 0.4) is 0 Å². The Bertz CT molecular complexity index is 930. The molecule has 1 unspecified atom stereocenters. The number of aromatic nitrogens is 5. The van der Waals surface area contributed by atoms with Crippen molar-refractivity contribution in [1.29, 1.82) is 0 Å². The van der Waals surface area contributed by atoms with Crippen LogP contribution in [0.1, 0.15) is 18.7 Å². The number of thioether (sulfide) groups is 1. The minimum atomic E-state index is -0.240. The number of aromatic amines is 1. The van der Waals surface area contributed by atoms with E-state index in [9.17, 15) is 4.79 Å². The molecule has 26 heavy (non-hydrogen) atoms. The third-order valence-corrected chi connectivity index (χ3v) is 5.24. The zero-order valence-corrected chi connectivity index (χ0v) is 15.3. The van der Waals surface area contributed by atoms with Crippen molar-refractivity contribution in [3.8, 4) is 11.4 Å². The Hall–Kier alpha value is -2.10. The molecular formula is C16H16ClN5O3S. The molecule has 0 amide bonds. The number of nitrogens with zero attached hydrogens (tertiary/aromatic N) is 4. The Morgan fingerprint density at radius 3 is 2.96 bits per heavy atom. The highest BCUT2D eigenvalue weighted by atomic mass is 35.5. The Labute approximate surface area is 157 Å². The first-order valence-corrected chi connectivity index (χ1v) is 9.53. The molecule has 136 valence electrons. The maximum absolute atomic E-state index is 12.0. The van der Waals surface area contributed by atoms with Gasteiger partial charge in [0.05, 0.1) is 18.4 Å². The average molecular weight is 394 g/mol. The fourth-order valence-electron chi connectivity index (χ4n) is 2.72. The number of H-pyrrole nitrogens is 1. The van der Waals surface area contributed by atoms with E-state index in [0.717, 1.165) is 25.0 Å². The van der Waals surface area contributed by atoms with Gasteiger partial charge in [-0.3, -0.25) is 4.57 Å². The van der Waals surface area contributed by atoms with Crippen LogP contribution in [0.2, 0.25) is 5.02 Å². The lowest BCUT2D eigenvalue weighted by Gasteiger charge is -2.10. The van der Waals surface area contributed by atoms with E-state index in [0.29, 0.717) is 34.2 Å². The van der Waals surface area contributed by atoms with Crippen LogP contribution in [-0.2, 0) is 17.0 Å². The van der Waals surface area contributed by atoms with Gasteiger partial charge in [-0.2, -0.15) is 4.98 Å². The molecule has 1 N–H and O–H groups in total. The molecule has 1 saturated heterocycles. The van der Waals surface area contributed by atoms with Gasteiger partial charge in [-0.05, 0) is 37.1 Å². The number of nitrogens with one attached hydrogen (secondary N) is 1. The van der Waals surface area contributed by atoms with Crippen molar-refractivity contribution in [2.45, 2.75) is 36.4 Å². The summed E-state index contributed by atoms with van der Waals surface area (Å²) in [5.41, 5.74) is 0.583. The summed E-state index contributed by atoms with van der Waals surface area (Å²) in [6.45, 7) is 1.24. The summed E-state index contributed by atoms with van der Waals surface area (Å²) in [6.07, 6.45) is 2.04. The molecule has 0 saturated carbocycles. The van der Waals surface area contributed by atoms with Gasteiger partial charge in [0.1, 0.15) is 0 Å². The van der Waals surface area contributed by atoms with Crippen LogP contribution < -0.4 is 5.69 Å². The van der Waals surface area contributed by atoms with Gasteiger partial charge in [0, 0.05) is 17.2 Å². The molecule has 0 bridgehead atoms. The summed E-state index contributed by atoms with van der Waals surface area (Å²) in [7, 11) is 0. The normalized spacial score (nSPS) is 17.0. The molecule has 0 aliphatic carbocycles. The monoisotopic (exact) mass is 393 g/mol. The number of ether oxygens (including phenoxy) is 1. The number of hydrogen-bond donors (Lipinski definition) is 1. The van der Waals surface area contributed by atoms with Gasteiger partial charge in [-0.25, -0.2) is 9.89 Å². The first-order chi connectivity index (χ1) is 12.7. The van der Waals surface area contributed by atoms with Crippen molar-refractivity contribution in [3.05, 3.63) is 45.7 Å². The SMILES string of the molecule is O=c1[nH]nc(SCc2nc(-c3ccc(Cl)cc3)no2)n1CC1CCCO1. The summed E-state index contributed by atoms with van der Waals surface area (Å²) in [4.78, 5) is 16.3. The van der Waals surface area contributed by atoms with E-state index in [1.165, 1.54) is 11.8 Å². The topological polar surface area (TPSA) is 98.8 Å². The molecule has 1 aromatic carbocycles. The number of hydrogen-bond acceptors (Lipinski definition) is 7. The second kappa shape index (κ2) is 7.65. The smallest absolute Gasteiger partial charge is 0.344 e. The highest BCUT2D eigenvalue weighted by molar-refractivity contribution is 7.98. The van der Waals surface area contributed by atoms with Crippen LogP contribution >= 0.6 is 23.4 Å². The number of halogens is 1. The zero-order chi connectivity index (χ0) is 17.9. The molecule has 10 heteroatoms. The van der Waals surface area contributed by atoms with Crippen molar-refractivity contribution in [1.82, 2.24) is 24.9 Å². The van der Waals surface area contributed by atoms with E-state index in [4.69, 9.17) is 20.9 Å². The molecule has 1 aliphatic rings. The van der Waals surface area contributed by atoms with Crippen LogP contribution in [0.5, 0.6) is 0 Å². The molecule has 2 aromatic heterocycles. The first-order valence-electron chi connectivity index (χ1n) is 8.17. The molecule has 3 heterocycles. The summed E-state index contributed by atoms with van der Waals surface area (Å²) >= 11 is 7.25. The first kappa shape index (κ1) is 17.3. The van der Waals surface area contributed by atoms with Gasteiger partial charge in [0.2, 0.25) is 11.7 Å². The molecule has 0 radical (unpaired) electrons. The molecule has 1 aliphatic heterocycles. The molecule has 1 fully saturated rings. The Morgan fingerprint density at radius 2 is 2.19 bits per heavy atom. The lowest BCUT2D eigenvalue weighted by molar-refractivity contribution is 0.0941. The largest absolute Gasteiger partial charge is 0.376 e. The maximum Gasteiger partial charge on any atom is 0.344 e. The Morgan fingerprint density at radius 1 is 1.35 bits per heavy atom. The quantitative estimate of drug-likeness (QED) is 0.643. The Balaban J connectivity index is 1.43. The summed E-state index contributed by atoms with van der Waals surface area (Å²) in [6, 6.07) is 7.21. The molecule has 0 spiro atoms. The van der Waals surface area contributed by atoms with Gasteiger partial charge in [0.25, 0.3) is 0 Å². The van der Waals surface area contributed by atoms with Crippen LogP contribution in [0.4, 0.5) is 0 Å². The minimum absolute atomic E-state index is 0.0598.